The van der Waals surface area contributed by atoms with Crippen LogP contribution in [0.2, 0.25) is 5.02 Å². The summed E-state index contributed by atoms with van der Waals surface area (Å²) in [7, 11) is 0. The fourth-order valence-corrected chi connectivity index (χ4v) is 1.74. The third-order valence-electron chi connectivity index (χ3n) is 2.48. The summed E-state index contributed by atoms with van der Waals surface area (Å²) in [5, 5.41) is 22.7. The Morgan fingerprint density at radius 2 is 2.15 bits per heavy atom. The van der Waals surface area contributed by atoms with Gasteiger partial charge in [-0.2, -0.15) is 0 Å². The molecule has 2 rings (SSSR count). The Kier molecular flexibility index (Phi) is 3.90. The summed E-state index contributed by atoms with van der Waals surface area (Å²) in [6.45, 7) is 0.121. The van der Waals surface area contributed by atoms with Crippen molar-refractivity contribution in [2.75, 3.05) is 5.32 Å². The minimum Gasteiger partial charge on any atom is -0.475 e. The second-order valence-electron chi connectivity index (χ2n) is 3.84. The summed E-state index contributed by atoms with van der Waals surface area (Å²) < 4.78 is 5.03. The number of nitro benzene ring substituents is 1. The first-order valence-electron chi connectivity index (χ1n) is 5.47. The van der Waals surface area contributed by atoms with Crippen LogP contribution < -0.4 is 5.32 Å². The van der Waals surface area contributed by atoms with Gasteiger partial charge in [0.2, 0.25) is 5.76 Å². The fraction of sp³-hybridized carbons (Fsp3) is 0.0833. The van der Waals surface area contributed by atoms with Gasteiger partial charge in [-0.15, -0.1) is 0 Å². The van der Waals surface area contributed by atoms with Crippen LogP contribution in [-0.4, -0.2) is 16.0 Å². The largest absolute Gasteiger partial charge is 0.475 e. The van der Waals surface area contributed by atoms with Gasteiger partial charge in [-0.25, -0.2) is 4.79 Å². The van der Waals surface area contributed by atoms with Crippen LogP contribution in [0.25, 0.3) is 0 Å². The van der Waals surface area contributed by atoms with E-state index in [0.29, 0.717) is 5.76 Å². The monoisotopic (exact) mass is 296 g/mol. The third kappa shape index (κ3) is 3.07. The first kappa shape index (κ1) is 13.9. The maximum absolute atomic E-state index is 10.9. The van der Waals surface area contributed by atoms with Gasteiger partial charge in [-0.3, -0.25) is 10.1 Å². The summed E-state index contributed by atoms with van der Waals surface area (Å²) in [6, 6.07) is 7.02. The number of nitro groups is 1. The minimum absolute atomic E-state index is 0.121. The summed E-state index contributed by atoms with van der Waals surface area (Å²) >= 11 is 5.70. The first-order valence-corrected chi connectivity index (χ1v) is 5.85. The molecule has 0 saturated heterocycles. The van der Waals surface area contributed by atoms with Crippen molar-refractivity contribution in [3.63, 3.8) is 0 Å². The van der Waals surface area contributed by atoms with E-state index in [1.54, 1.807) is 0 Å². The van der Waals surface area contributed by atoms with Gasteiger partial charge in [0.15, 0.2) is 0 Å². The van der Waals surface area contributed by atoms with Gasteiger partial charge >= 0.3 is 5.97 Å². The standard InChI is InChI=1S/C12H9ClN2O5/c13-7-1-3-9(10(5-7)15(18)19)14-6-8-2-4-11(20-8)12(16)17/h1-5,14H,6H2,(H,16,17). The van der Waals surface area contributed by atoms with E-state index in [0.717, 1.165) is 0 Å². The lowest BCUT2D eigenvalue weighted by Crippen LogP contribution is -2.02. The topological polar surface area (TPSA) is 106 Å². The summed E-state index contributed by atoms with van der Waals surface area (Å²) in [4.78, 5) is 21.0. The number of carboxylic acid groups (broad SMARTS) is 1. The zero-order valence-electron chi connectivity index (χ0n) is 10.00. The maximum Gasteiger partial charge on any atom is 0.371 e. The number of rotatable bonds is 5. The lowest BCUT2D eigenvalue weighted by atomic mass is 10.2. The maximum atomic E-state index is 10.9. The molecule has 1 aromatic carbocycles. The van der Waals surface area contributed by atoms with Crippen LogP contribution in [0.5, 0.6) is 0 Å². The van der Waals surface area contributed by atoms with Crippen LogP contribution in [-0.2, 0) is 6.54 Å². The molecule has 0 fully saturated rings. The summed E-state index contributed by atoms with van der Waals surface area (Å²) in [5.74, 6) is -1.01. The van der Waals surface area contributed by atoms with E-state index in [9.17, 15) is 14.9 Å². The number of carbonyl (C=O) groups is 1. The molecule has 0 amide bonds. The summed E-state index contributed by atoms with van der Waals surface area (Å²) in [5.41, 5.74) is 0.107. The lowest BCUT2D eigenvalue weighted by molar-refractivity contribution is -0.383. The number of hydrogen-bond acceptors (Lipinski definition) is 5. The molecule has 0 atom stereocenters. The molecule has 20 heavy (non-hydrogen) atoms. The van der Waals surface area contributed by atoms with Gasteiger partial charge in [0, 0.05) is 11.1 Å². The Bertz CT molecular complexity index is 668. The van der Waals surface area contributed by atoms with Crippen molar-refractivity contribution < 1.29 is 19.2 Å². The first-order chi connectivity index (χ1) is 9.47. The number of nitrogens with one attached hydrogen (secondary N) is 1. The normalized spacial score (nSPS) is 10.2. The highest BCUT2D eigenvalue weighted by Crippen LogP contribution is 2.28. The van der Waals surface area contributed by atoms with Gasteiger partial charge in [0.25, 0.3) is 5.69 Å². The predicted molar refractivity (Wildman–Crippen MR) is 71.1 cm³/mol. The molecule has 1 heterocycles. The van der Waals surface area contributed by atoms with Crippen LogP contribution in [0.4, 0.5) is 11.4 Å². The molecule has 7 nitrogen and oxygen atoms in total. The summed E-state index contributed by atoms with van der Waals surface area (Å²) in [6.07, 6.45) is 0. The zero-order chi connectivity index (χ0) is 14.7. The molecule has 1 aromatic heterocycles. The molecule has 0 saturated carbocycles. The molecule has 2 aromatic rings. The van der Waals surface area contributed by atoms with Crippen LogP contribution >= 0.6 is 11.6 Å². The molecule has 2 N–H and O–H groups in total. The van der Waals surface area contributed by atoms with E-state index in [1.165, 1.54) is 30.3 Å². The Labute approximate surface area is 117 Å². The highest BCUT2D eigenvalue weighted by atomic mass is 35.5. The number of halogens is 1. The average molecular weight is 297 g/mol. The lowest BCUT2D eigenvalue weighted by Gasteiger charge is -2.05. The molecule has 0 radical (unpaired) electrons. The van der Waals surface area contributed by atoms with Crippen LogP contribution in [0, 0.1) is 10.1 Å². The Balaban J connectivity index is 2.14. The Hall–Kier alpha value is -2.54. The predicted octanol–water partition coefficient (Wildman–Crippen LogP) is 3.15. The van der Waals surface area contributed by atoms with E-state index in [4.69, 9.17) is 21.1 Å². The molecular formula is C12H9ClN2O5. The third-order valence-corrected chi connectivity index (χ3v) is 2.72. The van der Waals surface area contributed by atoms with Crippen molar-refractivity contribution in [3.05, 3.63) is 57.0 Å². The zero-order valence-corrected chi connectivity index (χ0v) is 10.8. The molecule has 0 aliphatic rings. The van der Waals surface area contributed by atoms with E-state index >= 15 is 0 Å². The molecule has 0 bridgehead atoms. The van der Waals surface area contributed by atoms with Crippen molar-refractivity contribution in [2.45, 2.75) is 6.54 Å². The second kappa shape index (κ2) is 5.62. The number of benzene rings is 1. The SMILES string of the molecule is O=C(O)c1ccc(CNc2ccc(Cl)cc2[N+](=O)[O-])o1. The average Bonchev–Trinajstić information content (AvgIpc) is 2.86. The smallest absolute Gasteiger partial charge is 0.371 e. The van der Waals surface area contributed by atoms with Crippen molar-refractivity contribution in [3.8, 4) is 0 Å². The number of hydrogen-bond donors (Lipinski definition) is 2. The van der Waals surface area contributed by atoms with Gasteiger partial charge in [0.05, 0.1) is 11.5 Å². The van der Waals surface area contributed by atoms with Gasteiger partial charge in [-0.1, -0.05) is 11.6 Å². The van der Waals surface area contributed by atoms with E-state index < -0.39 is 10.9 Å². The molecule has 0 spiro atoms. The van der Waals surface area contributed by atoms with Crippen LogP contribution in [0.3, 0.4) is 0 Å². The van der Waals surface area contributed by atoms with E-state index in [-0.39, 0.29) is 28.7 Å². The highest BCUT2D eigenvalue weighted by Gasteiger charge is 2.15. The molecule has 0 unspecified atom stereocenters. The molecular weight excluding hydrogens is 288 g/mol. The van der Waals surface area contributed by atoms with Crippen molar-refractivity contribution >= 4 is 28.9 Å². The molecule has 104 valence electrons. The van der Waals surface area contributed by atoms with Crippen LogP contribution in [0.1, 0.15) is 16.3 Å². The number of nitrogens with zero attached hydrogens (tertiary/aromatic N) is 1. The van der Waals surface area contributed by atoms with Crippen molar-refractivity contribution in [1.82, 2.24) is 0 Å². The van der Waals surface area contributed by atoms with E-state index in [1.807, 2.05) is 0 Å². The minimum atomic E-state index is -1.17. The number of anilines is 1. The van der Waals surface area contributed by atoms with Gasteiger partial charge in [-0.05, 0) is 24.3 Å². The Morgan fingerprint density at radius 3 is 2.75 bits per heavy atom. The highest BCUT2D eigenvalue weighted by molar-refractivity contribution is 6.30. The molecule has 8 heteroatoms. The fourth-order valence-electron chi connectivity index (χ4n) is 1.58. The van der Waals surface area contributed by atoms with Gasteiger partial charge < -0.3 is 14.8 Å². The van der Waals surface area contributed by atoms with E-state index in [2.05, 4.69) is 5.32 Å². The molecule has 0 aliphatic carbocycles. The number of furan rings is 1. The van der Waals surface area contributed by atoms with Gasteiger partial charge in [0.1, 0.15) is 11.4 Å². The van der Waals surface area contributed by atoms with Crippen LogP contribution in [0.15, 0.2) is 34.7 Å². The molecule has 0 aliphatic heterocycles. The number of carboxylic acids is 1. The Morgan fingerprint density at radius 1 is 1.40 bits per heavy atom. The second-order valence-corrected chi connectivity index (χ2v) is 4.28. The van der Waals surface area contributed by atoms with Crippen molar-refractivity contribution in [2.24, 2.45) is 0 Å². The number of aromatic carboxylic acids is 1. The quantitative estimate of drug-likeness (QED) is 0.648. The van der Waals surface area contributed by atoms with Crippen molar-refractivity contribution in [1.29, 1.82) is 0 Å².